The van der Waals surface area contributed by atoms with E-state index in [4.69, 9.17) is 14.2 Å². The second-order valence-electron chi connectivity index (χ2n) is 5.88. The highest BCUT2D eigenvalue weighted by Crippen LogP contribution is 2.39. The fraction of sp³-hybridized carbons (Fsp3) is 0.211. The maximum Gasteiger partial charge on any atom is 0.256 e. The molecule has 28 heavy (non-hydrogen) atoms. The second kappa shape index (κ2) is 7.53. The SMILES string of the molecule is CNS(=O)(=O)c1ccc2c(c1)C(=Cc1cc(OC)c(OC)cc1OC)C(=O)N2. The van der Waals surface area contributed by atoms with Gasteiger partial charge in [0.05, 0.1) is 26.2 Å². The van der Waals surface area contributed by atoms with Gasteiger partial charge in [0.2, 0.25) is 10.0 Å². The van der Waals surface area contributed by atoms with Gasteiger partial charge in [-0.3, -0.25) is 4.79 Å². The number of rotatable bonds is 6. The lowest BCUT2D eigenvalue weighted by molar-refractivity contribution is -0.110. The Morgan fingerprint density at radius 1 is 0.964 bits per heavy atom. The molecular formula is C19H20N2O6S. The number of sulfonamides is 1. The first kappa shape index (κ1) is 19.7. The minimum Gasteiger partial charge on any atom is -0.496 e. The van der Waals surface area contributed by atoms with Crippen LogP contribution in [0.25, 0.3) is 11.6 Å². The Morgan fingerprint density at radius 2 is 1.61 bits per heavy atom. The van der Waals surface area contributed by atoms with Crippen molar-refractivity contribution in [3.63, 3.8) is 0 Å². The number of amides is 1. The normalized spacial score (nSPS) is 14.6. The first-order valence-electron chi connectivity index (χ1n) is 8.25. The van der Waals surface area contributed by atoms with Crippen molar-refractivity contribution in [2.24, 2.45) is 0 Å². The molecular weight excluding hydrogens is 384 g/mol. The van der Waals surface area contributed by atoms with Crippen LogP contribution >= 0.6 is 0 Å². The zero-order valence-corrected chi connectivity index (χ0v) is 16.6. The highest BCUT2D eigenvalue weighted by atomic mass is 32.2. The standard InChI is InChI=1S/C19H20N2O6S/c1-20-28(23,24)12-5-6-15-13(9-12)14(19(22)21-15)7-11-8-17(26-3)18(27-4)10-16(11)25-2/h5-10,20H,1-4H3,(H,21,22). The number of carbonyl (C=O) groups is 1. The van der Waals surface area contributed by atoms with Gasteiger partial charge in [-0.05, 0) is 37.4 Å². The van der Waals surface area contributed by atoms with Crippen LogP contribution in [-0.4, -0.2) is 42.7 Å². The summed E-state index contributed by atoms with van der Waals surface area (Å²) in [6.45, 7) is 0. The Labute approximate surface area is 163 Å². The second-order valence-corrected chi connectivity index (χ2v) is 7.76. The highest BCUT2D eigenvalue weighted by molar-refractivity contribution is 7.89. The van der Waals surface area contributed by atoms with E-state index in [0.29, 0.717) is 39.6 Å². The predicted octanol–water partition coefficient (Wildman–Crippen LogP) is 2.11. The summed E-state index contributed by atoms with van der Waals surface area (Å²) in [6, 6.07) is 7.79. The van der Waals surface area contributed by atoms with Gasteiger partial charge in [-0.15, -0.1) is 0 Å². The maximum absolute atomic E-state index is 12.5. The summed E-state index contributed by atoms with van der Waals surface area (Å²) in [4.78, 5) is 12.6. The molecule has 0 saturated carbocycles. The molecule has 0 spiro atoms. The van der Waals surface area contributed by atoms with Gasteiger partial charge in [0.15, 0.2) is 11.5 Å². The molecule has 0 bridgehead atoms. The quantitative estimate of drug-likeness (QED) is 0.715. The van der Waals surface area contributed by atoms with E-state index < -0.39 is 10.0 Å². The van der Waals surface area contributed by atoms with Gasteiger partial charge in [-0.25, -0.2) is 13.1 Å². The van der Waals surface area contributed by atoms with Crippen molar-refractivity contribution < 1.29 is 27.4 Å². The molecule has 0 atom stereocenters. The van der Waals surface area contributed by atoms with E-state index in [1.807, 2.05) is 0 Å². The predicted molar refractivity (Wildman–Crippen MR) is 105 cm³/mol. The van der Waals surface area contributed by atoms with E-state index in [1.165, 1.54) is 40.5 Å². The summed E-state index contributed by atoms with van der Waals surface area (Å²) in [7, 11) is 2.21. The fourth-order valence-corrected chi connectivity index (χ4v) is 3.67. The first-order chi connectivity index (χ1) is 13.3. The lowest BCUT2D eigenvalue weighted by Gasteiger charge is -2.12. The summed E-state index contributed by atoms with van der Waals surface area (Å²) in [5.41, 5.74) is 1.91. The minimum atomic E-state index is -3.64. The average molecular weight is 404 g/mol. The van der Waals surface area contributed by atoms with Gasteiger partial charge in [0.25, 0.3) is 5.91 Å². The topological polar surface area (TPSA) is 103 Å². The smallest absolute Gasteiger partial charge is 0.256 e. The summed E-state index contributed by atoms with van der Waals surface area (Å²) in [5.74, 6) is 1.09. The van der Waals surface area contributed by atoms with E-state index in [-0.39, 0.29) is 10.8 Å². The molecule has 148 valence electrons. The van der Waals surface area contributed by atoms with E-state index in [1.54, 1.807) is 24.3 Å². The van der Waals surface area contributed by atoms with E-state index in [9.17, 15) is 13.2 Å². The Balaban J connectivity index is 2.17. The third-order valence-electron chi connectivity index (χ3n) is 4.39. The van der Waals surface area contributed by atoms with Crippen molar-refractivity contribution in [1.29, 1.82) is 0 Å². The van der Waals surface area contributed by atoms with Crippen molar-refractivity contribution >= 4 is 33.3 Å². The number of benzene rings is 2. The molecule has 3 rings (SSSR count). The zero-order valence-electron chi connectivity index (χ0n) is 15.8. The maximum atomic E-state index is 12.5. The largest absolute Gasteiger partial charge is 0.496 e. The lowest BCUT2D eigenvalue weighted by atomic mass is 10.0. The summed E-state index contributed by atoms with van der Waals surface area (Å²) < 4.78 is 42.5. The molecule has 1 amide bonds. The fourth-order valence-electron chi connectivity index (χ4n) is 2.92. The van der Waals surface area contributed by atoms with Crippen molar-refractivity contribution in [3.05, 3.63) is 41.5 Å². The molecule has 0 fully saturated rings. The molecule has 0 saturated heterocycles. The van der Waals surface area contributed by atoms with Gasteiger partial charge in [0, 0.05) is 28.5 Å². The van der Waals surface area contributed by atoms with Crippen LogP contribution in [0.3, 0.4) is 0 Å². The third kappa shape index (κ3) is 3.41. The van der Waals surface area contributed by atoms with Crippen LogP contribution in [0, 0.1) is 0 Å². The molecule has 1 aliphatic heterocycles. The van der Waals surface area contributed by atoms with Crippen LogP contribution in [0.15, 0.2) is 35.2 Å². The van der Waals surface area contributed by atoms with Crippen LogP contribution in [0.1, 0.15) is 11.1 Å². The van der Waals surface area contributed by atoms with Crippen molar-refractivity contribution in [2.45, 2.75) is 4.90 Å². The minimum absolute atomic E-state index is 0.0652. The monoisotopic (exact) mass is 404 g/mol. The van der Waals surface area contributed by atoms with Gasteiger partial charge in [-0.2, -0.15) is 0 Å². The van der Waals surface area contributed by atoms with Gasteiger partial charge < -0.3 is 19.5 Å². The third-order valence-corrected chi connectivity index (χ3v) is 5.80. The van der Waals surface area contributed by atoms with E-state index in [0.717, 1.165) is 0 Å². The Hall–Kier alpha value is -3.04. The van der Waals surface area contributed by atoms with Crippen LogP contribution in [0.2, 0.25) is 0 Å². The molecule has 2 aromatic rings. The number of ether oxygens (including phenoxy) is 3. The zero-order chi connectivity index (χ0) is 20.5. The number of hydrogen-bond donors (Lipinski definition) is 2. The Bertz CT molecular complexity index is 1080. The molecule has 1 heterocycles. The molecule has 2 N–H and O–H groups in total. The van der Waals surface area contributed by atoms with Crippen molar-refractivity contribution in [3.8, 4) is 17.2 Å². The molecule has 0 aliphatic carbocycles. The molecule has 2 aromatic carbocycles. The van der Waals surface area contributed by atoms with E-state index in [2.05, 4.69) is 10.0 Å². The molecule has 0 unspecified atom stereocenters. The van der Waals surface area contributed by atoms with Crippen LogP contribution in [0.5, 0.6) is 17.2 Å². The number of anilines is 1. The van der Waals surface area contributed by atoms with Crippen molar-refractivity contribution in [1.82, 2.24) is 4.72 Å². The van der Waals surface area contributed by atoms with Crippen LogP contribution in [0.4, 0.5) is 5.69 Å². The summed E-state index contributed by atoms with van der Waals surface area (Å²) >= 11 is 0. The number of carbonyl (C=O) groups excluding carboxylic acids is 1. The lowest BCUT2D eigenvalue weighted by Crippen LogP contribution is -2.18. The Morgan fingerprint density at radius 3 is 2.21 bits per heavy atom. The first-order valence-corrected chi connectivity index (χ1v) is 9.74. The van der Waals surface area contributed by atoms with Crippen molar-refractivity contribution in [2.75, 3.05) is 33.7 Å². The molecule has 0 radical (unpaired) electrons. The molecule has 9 heteroatoms. The summed E-state index contributed by atoms with van der Waals surface area (Å²) in [6.07, 6.45) is 1.62. The number of nitrogens with one attached hydrogen (secondary N) is 2. The highest BCUT2D eigenvalue weighted by Gasteiger charge is 2.27. The molecule has 1 aliphatic rings. The van der Waals surface area contributed by atoms with Crippen LogP contribution < -0.4 is 24.2 Å². The number of fused-ring (bicyclic) bond motifs is 1. The Kier molecular flexibility index (Phi) is 5.30. The van der Waals surface area contributed by atoms with Gasteiger partial charge in [-0.1, -0.05) is 0 Å². The van der Waals surface area contributed by atoms with Gasteiger partial charge >= 0.3 is 0 Å². The average Bonchev–Trinajstić information content (AvgIpc) is 3.02. The van der Waals surface area contributed by atoms with Gasteiger partial charge in [0.1, 0.15) is 5.75 Å². The molecule has 8 nitrogen and oxygen atoms in total. The number of methoxy groups -OCH3 is 3. The van der Waals surface area contributed by atoms with Crippen LogP contribution in [-0.2, 0) is 14.8 Å². The van der Waals surface area contributed by atoms with E-state index >= 15 is 0 Å². The molecule has 0 aromatic heterocycles. The summed E-state index contributed by atoms with van der Waals surface area (Å²) in [5, 5.41) is 2.73. The number of hydrogen-bond acceptors (Lipinski definition) is 6.